The van der Waals surface area contributed by atoms with Gasteiger partial charge in [-0.3, -0.25) is 4.79 Å². The van der Waals surface area contributed by atoms with Gasteiger partial charge in [-0.05, 0) is 86.5 Å². The van der Waals surface area contributed by atoms with Crippen molar-refractivity contribution in [1.29, 1.82) is 0 Å². The fourth-order valence-corrected chi connectivity index (χ4v) is 5.37. The van der Waals surface area contributed by atoms with Crippen molar-refractivity contribution in [1.82, 2.24) is 4.90 Å². The summed E-state index contributed by atoms with van der Waals surface area (Å²) in [5.74, 6) is 1.74. The van der Waals surface area contributed by atoms with Gasteiger partial charge in [0.2, 0.25) is 5.91 Å². The molecule has 1 atom stereocenters. The second-order valence-electron chi connectivity index (χ2n) is 9.52. The maximum absolute atomic E-state index is 13.3. The van der Waals surface area contributed by atoms with E-state index in [1.165, 1.54) is 25.9 Å². The van der Waals surface area contributed by atoms with Crippen molar-refractivity contribution in [2.24, 2.45) is 5.92 Å². The second kappa shape index (κ2) is 10.7. The molecule has 1 aliphatic carbocycles. The lowest BCUT2D eigenvalue weighted by atomic mass is 9.78. The molecule has 1 heterocycles. The van der Waals surface area contributed by atoms with Crippen molar-refractivity contribution in [3.05, 3.63) is 59.1 Å². The number of halogens is 1. The van der Waals surface area contributed by atoms with Gasteiger partial charge in [0, 0.05) is 23.8 Å². The molecule has 1 saturated heterocycles. The Morgan fingerprint density at radius 1 is 1.09 bits per heavy atom. The van der Waals surface area contributed by atoms with Gasteiger partial charge in [0.25, 0.3) is 0 Å². The van der Waals surface area contributed by atoms with E-state index >= 15 is 0 Å². The third-order valence-corrected chi connectivity index (χ3v) is 7.28. The summed E-state index contributed by atoms with van der Waals surface area (Å²) in [6.07, 6.45) is 7.59. The van der Waals surface area contributed by atoms with Crippen LogP contribution in [0, 0.1) is 5.92 Å². The number of anilines is 1. The number of carbonyl (C=O) groups is 1. The van der Waals surface area contributed by atoms with Gasteiger partial charge >= 0.3 is 0 Å². The molecule has 172 valence electrons. The fraction of sp³-hybridized carbons (Fsp3) is 0.519. The summed E-state index contributed by atoms with van der Waals surface area (Å²) < 4.78 is 5.93. The summed E-state index contributed by atoms with van der Waals surface area (Å²) in [7, 11) is 0. The van der Waals surface area contributed by atoms with Crippen LogP contribution in [0.2, 0.25) is 5.02 Å². The van der Waals surface area contributed by atoms with Crippen molar-refractivity contribution in [2.45, 2.75) is 57.3 Å². The van der Waals surface area contributed by atoms with Gasteiger partial charge in [0.15, 0.2) is 0 Å². The third-order valence-electron chi connectivity index (χ3n) is 7.03. The second-order valence-corrected chi connectivity index (χ2v) is 9.96. The van der Waals surface area contributed by atoms with Crippen LogP contribution in [-0.2, 0) is 10.2 Å². The van der Waals surface area contributed by atoms with Gasteiger partial charge in [-0.2, -0.15) is 0 Å². The minimum Gasteiger partial charge on any atom is -0.494 e. The first-order valence-corrected chi connectivity index (χ1v) is 12.5. The average Bonchev–Trinajstić information content (AvgIpc) is 3.30. The number of ether oxygens (including phenoxy) is 1. The number of hydrogen-bond acceptors (Lipinski definition) is 3. The smallest absolute Gasteiger partial charge is 0.235 e. The first-order chi connectivity index (χ1) is 15.5. The molecule has 5 heteroatoms. The lowest BCUT2D eigenvalue weighted by molar-refractivity contribution is -0.121. The minimum atomic E-state index is -0.467. The van der Waals surface area contributed by atoms with Crippen LogP contribution in [0.5, 0.6) is 5.75 Å². The number of rotatable bonds is 8. The molecule has 2 aliphatic rings. The molecule has 4 nitrogen and oxygen atoms in total. The molecule has 2 aromatic rings. The number of nitrogens with zero attached hydrogens (tertiary/aromatic N) is 1. The van der Waals surface area contributed by atoms with E-state index in [1.54, 1.807) is 0 Å². The summed E-state index contributed by atoms with van der Waals surface area (Å²) in [6.45, 7) is 6.59. The highest BCUT2D eigenvalue weighted by atomic mass is 35.5. The lowest BCUT2D eigenvalue weighted by Gasteiger charge is -2.30. The molecule has 0 aromatic heterocycles. The number of carbonyl (C=O) groups excluding carboxylic acids is 1. The molecule has 2 aromatic carbocycles. The Morgan fingerprint density at radius 2 is 1.81 bits per heavy atom. The highest BCUT2D eigenvalue weighted by Crippen LogP contribution is 2.42. The monoisotopic (exact) mass is 454 g/mol. The number of piperidine rings is 1. The molecule has 1 N–H and O–H groups in total. The normalized spacial score (nSPS) is 20.8. The summed E-state index contributed by atoms with van der Waals surface area (Å²) in [5, 5.41) is 3.84. The van der Waals surface area contributed by atoms with Crippen LogP contribution in [0.3, 0.4) is 0 Å². The molecule has 1 aliphatic heterocycles. The number of nitrogens with one attached hydrogen (secondary N) is 1. The van der Waals surface area contributed by atoms with E-state index in [0.717, 1.165) is 68.2 Å². The zero-order chi connectivity index (χ0) is 22.4. The topological polar surface area (TPSA) is 41.6 Å². The summed E-state index contributed by atoms with van der Waals surface area (Å²) in [4.78, 5) is 15.9. The van der Waals surface area contributed by atoms with Crippen molar-refractivity contribution in [3.63, 3.8) is 0 Å². The number of benzene rings is 2. The summed E-state index contributed by atoms with van der Waals surface area (Å²) in [6, 6.07) is 15.5. The maximum Gasteiger partial charge on any atom is 0.235 e. The SMILES string of the molecule is C[C@@H]1CCCN(CCCOc2ccc(NC(=O)C3(c4ccc(Cl)cc4)CCCC3)cc2)C1. The Bertz CT molecular complexity index is 876. The standard InChI is InChI=1S/C27H35ClN2O2/c1-21-6-4-17-30(20-21)18-5-19-32-25-13-11-24(12-14-25)29-26(31)27(15-2-3-16-27)22-7-9-23(28)10-8-22/h7-14,21H,2-6,15-20H2,1H3,(H,29,31)/t21-/m1/s1. The highest BCUT2D eigenvalue weighted by Gasteiger charge is 2.42. The molecule has 0 unspecified atom stereocenters. The van der Waals surface area contributed by atoms with Crippen LogP contribution in [0.4, 0.5) is 5.69 Å². The van der Waals surface area contributed by atoms with Gasteiger partial charge in [-0.15, -0.1) is 0 Å². The molecular weight excluding hydrogens is 420 g/mol. The molecule has 0 spiro atoms. The highest BCUT2D eigenvalue weighted by molar-refractivity contribution is 6.30. The zero-order valence-corrected chi connectivity index (χ0v) is 19.9. The lowest BCUT2D eigenvalue weighted by Crippen LogP contribution is -2.37. The van der Waals surface area contributed by atoms with E-state index in [-0.39, 0.29) is 5.91 Å². The maximum atomic E-state index is 13.3. The average molecular weight is 455 g/mol. The Labute approximate surface area is 197 Å². The van der Waals surface area contributed by atoms with Gasteiger partial charge in [-0.25, -0.2) is 0 Å². The molecule has 2 fully saturated rings. The molecule has 4 rings (SSSR count). The molecule has 1 saturated carbocycles. The number of likely N-dealkylation sites (tertiary alicyclic amines) is 1. The molecule has 32 heavy (non-hydrogen) atoms. The van der Waals surface area contributed by atoms with Crippen LogP contribution < -0.4 is 10.1 Å². The quantitative estimate of drug-likeness (QED) is 0.476. The van der Waals surface area contributed by atoms with Crippen molar-refractivity contribution in [3.8, 4) is 5.75 Å². The van der Waals surface area contributed by atoms with Gasteiger partial charge in [-0.1, -0.05) is 43.5 Å². The molecule has 0 radical (unpaired) electrons. The first kappa shape index (κ1) is 23.1. The molecule has 1 amide bonds. The summed E-state index contributed by atoms with van der Waals surface area (Å²) in [5.41, 5.74) is 1.40. The van der Waals surface area contributed by atoms with Crippen LogP contribution in [-0.4, -0.2) is 37.0 Å². The Morgan fingerprint density at radius 3 is 2.50 bits per heavy atom. The van der Waals surface area contributed by atoms with Crippen molar-refractivity contribution in [2.75, 3.05) is 31.6 Å². The predicted octanol–water partition coefficient (Wildman–Crippen LogP) is 6.29. The van der Waals surface area contributed by atoms with Crippen LogP contribution in [0.25, 0.3) is 0 Å². The zero-order valence-electron chi connectivity index (χ0n) is 19.1. The molecular formula is C27H35ClN2O2. The van der Waals surface area contributed by atoms with E-state index in [0.29, 0.717) is 5.02 Å². The Kier molecular flexibility index (Phi) is 7.75. The van der Waals surface area contributed by atoms with Crippen molar-refractivity contribution < 1.29 is 9.53 Å². The van der Waals surface area contributed by atoms with Crippen LogP contribution in [0.1, 0.15) is 57.4 Å². The van der Waals surface area contributed by atoms with E-state index in [9.17, 15) is 4.79 Å². The summed E-state index contributed by atoms with van der Waals surface area (Å²) >= 11 is 6.06. The Balaban J connectivity index is 1.29. The van der Waals surface area contributed by atoms with Crippen LogP contribution >= 0.6 is 11.6 Å². The number of amides is 1. The van der Waals surface area contributed by atoms with Crippen molar-refractivity contribution >= 4 is 23.2 Å². The van der Waals surface area contributed by atoms with E-state index in [1.807, 2.05) is 48.5 Å². The van der Waals surface area contributed by atoms with Crippen LogP contribution in [0.15, 0.2) is 48.5 Å². The fourth-order valence-electron chi connectivity index (χ4n) is 5.25. The van der Waals surface area contributed by atoms with Gasteiger partial charge in [0.1, 0.15) is 5.75 Å². The number of hydrogen-bond donors (Lipinski definition) is 1. The molecule has 0 bridgehead atoms. The Hall–Kier alpha value is -2.04. The predicted molar refractivity (Wildman–Crippen MR) is 132 cm³/mol. The van der Waals surface area contributed by atoms with E-state index in [2.05, 4.69) is 17.1 Å². The van der Waals surface area contributed by atoms with E-state index in [4.69, 9.17) is 16.3 Å². The minimum absolute atomic E-state index is 0.0711. The van der Waals surface area contributed by atoms with Gasteiger partial charge in [0.05, 0.1) is 12.0 Å². The largest absolute Gasteiger partial charge is 0.494 e. The van der Waals surface area contributed by atoms with Gasteiger partial charge < -0.3 is 15.0 Å². The third kappa shape index (κ3) is 5.65. The first-order valence-electron chi connectivity index (χ1n) is 12.1. The van der Waals surface area contributed by atoms with E-state index < -0.39 is 5.41 Å².